The topological polar surface area (TPSA) is 99.1 Å². The van der Waals surface area contributed by atoms with Crippen molar-refractivity contribution >= 4 is 22.1 Å². The fraction of sp³-hybridized carbons (Fsp3) is 0.231. The molecule has 3 rings (SSSR count). The Balaban J connectivity index is 1.83. The van der Waals surface area contributed by atoms with Gasteiger partial charge < -0.3 is 5.11 Å². The summed E-state index contributed by atoms with van der Waals surface area (Å²) < 4.78 is 28.5. The van der Waals surface area contributed by atoms with E-state index in [1.165, 1.54) is 16.6 Å². The van der Waals surface area contributed by atoms with Crippen LogP contribution in [-0.2, 0) is 21.2 Å². The standard InChI is InChI=1S/C26H29N3O4S/c1-19-15-20(2)26(21(3)16-19)34(32,33)29(14-13-22-9-5-4-6-10-22)18-25(31)28-27-17-23-11-7-8-12-24(23)30/h4-12,15-17,30H,13-14,18H2,1-3H3,(H,28,31). The normalized spacial score (nSPS) is 11.8. The van der Waals surface area contributed by atoms with Gasteiger partial charge in [0, 0.05) is 12.1 Å². The third-order valence-electron chi connectivity index (χ3n) is 5.34. The molecule has 3 aromatic carbocycles. The first-order valence-corrected chi connectivity index (χ1v) is 12.3. The van der Waals surface area contributed by atoms with Crippen LogP contribution in [0, 0.1) is 20.8 Å². The number of hydrogen-bond acceptors (Lipinski definition) is 5. The van der Waals surface area contributed by atoms with Crippen LogP contribution in [0.15, 0.2) is 76.7 Å². The second-order valence-corrected chi connectivity index (χ2v) is 10.0. The first-order chi connectivity index (χ1) is 16.2. The maximum absolute atomic E-state index is 13.7. The molecule has 0 aliphatic carbocycles. The Morgan fingerprint density at radius 2 is 1.62 bits per heavy atom. The van der Waals surface area contributed by atoms with E-state index in [9.17, 15) is 18.3 Å². The summed E-state index contributed by atoms with van der Waals surface area (Å²) in [6.45, 7) is 5.19. The zero-order valence-electron chi connectivity index (χ0n) is 19.5. The predicted molar refractivity (Wildman–Crippen MR) is 133 cm³/mol. The number of aromatic hydroxyl groups is 1. The Morgan fingerprint density at radius 3 is 2.26 bits per heavy atom. The molecule has 0 unspecified atom stereocenters. The molecule has 0 aromatic heterocycles. The first kappa shape index (κ1) is 25.1. The van der Waals surface area contributed by atoms with Gasteiger partial charge in [-0.15, -0.1) is 0 Å². The third-order valence-corrected chi connectivity index (χ3v) is 7.50. The van der Waals surface area contributed by atoms with Gasteiger partial charge in [-0.1, -0.05) is 60.2 Å². The number of hydrogen-bond donors (Lipinski definition) is 2. The van der Waals surface area contributed by atoms with Gasteiger partial charge in [0.2, 0.25) is 10.0 Å². The van der Waals surface area contributed by atoms with E-state index in [2.05, 4.69) is 10.5 Å². The van der Waals surface area contributed by atoms with Crippen molar-refractivity contribution in [3.05, 3.63) is 94.5 Å². The number of para-hydroxylation sites is 1. The van der Waals surface area contributed by atoms with Crippen LogP contribution in [0.3, 0.4) is 0 Å². The largest absolute Gasteiger partial charge is 0.507 e. The summed E-state index contributed by atoms with van der Waals surface area (Å²) in [5.74, 6) is -0.552. The molecule has 0 saturated heterocycles. The highest BCUT2D eigenvalue weighted by atomic mass is 32.2. The number of hydrazone groups is 1. The Labute approximate surface area is 200 Å². The quantitative estimate of drug-likeness (QED) is 0.361. The smallest absolute Gasteiger partial charge is 0.255 e. The van der Waals surface area contributed by atoms with Gasteiger partial charge in [-0.2, -0.15) is 9.41 Å². The minimum atomic E-state index is -3.95. The van der Waals surface area contributed by atoms with Crippen LogP contribution in [0.1, 0.15) is 27.8 Å². The summed E-state index contributed by atoms with van der Waals surface area (Å²) in [5, 5.41) is 13.7. The molecular formula is C26H29N3O4S. The van der Waals surface area contributed by atoms with Crippen molar-refractivity contribution in [2.75, 3.05) is 13.1 Å². The maximum Gasteiger partial charge on any atom is 0.255 e. The fourth-order valence-electron chi connectivity index (χ4n) is 3.85. The van der Waals surface area contributed by atoms with Crippen molar-refractivity contribution in [3.8, 4) is 5.75 Å². The monoisotopic (exact) mass is 479 g/mol. The maximum atomic E-state index is 13.7. The van der Waals surface area contributed by atoms with Gasteiger partial charge in [0.25, 0.3) is 5.91 Å². The summed E-state index contributed by atoms with van der Waals surface area (Å²) in [7, 11) is -3.95. The van der Waals surface area contributed by atoms with Gasteiger partial charge in [0.15, 0.2) is 0 Å². The minimum absolute atomic E-state index is 0.0258. The lowest BCUT2D eigenvalue weighted by molar-refractivity contribution is -0.121. The number of nitrogens with one attached hydrogen (secondary N) is 1. The van der Waals surface area contributed by atoms with E-state index in [0.29, 0.717) is 23.1 Å². The number of phenols is 1. The van der Waals surface area contributed by atoms with E-state index in [1.54, 1.807) is 32.0 Å². The molecule has 3 aromatic rings. The molecule has 7 nitrogen and oxygen atoms in total. The zero-order chi connectivity index (χ0) is 24.7. The van der Waals surface area contributed by atoms with E-state index in [1.807, 2.05) is 49.4 Å². The van der Waals surface area contributed by atoms with E-state index >= 15 is 0 Å². The van der Waals surface area contributed by atoms with Crippen LogP contribution < -0.4 is 5.43 Å². The zero-order valence-corrected chi connectivity index (χ0v) is 20.3. The minimum Gasteiger partial charge on any atom is -0.507 e. The second-order valence-electron chi connectivity index (χ2n) is 8.15. The summed E-state index contributed by atoms with van der Waals surface area (Å²) >= 11 is 0. The van der Waals surface area contributed by atoms with Crippen LogP contribution in [0.2, 0.25) is 0 Å². The van der Waals surface area contributed by atoms with Crippen molar-refractivity contribution in [2.45, 2.75) is 32.1 Å². The molecule has 0 bridgehead atoms. The fourth-order valence-corrected chi connectivity index (χ4v) is 5.66. The Hall–Kier alpha value is -3.49. The number of nitrogens with zero attached hydrogens (tertiary/aromatic N) is 2. The van der Waals surface area contributed by atoms with Gasteiger partial charge in [0.1, 0.15) is 5.75 Å². The molecule has 8 heteroatoms. The van der Waals surface area contributed by atoms with Crippen molar-refractivity contribution in [1.82, 2.24) is 9.73 Å². The molecule has 0 fully saturated rings. The molecule has 0 spiro atoms. The number of sulfonamides is 1. The summed E-state index contributed by atoms with van der Waals surface area (Å²) in [4.78, 5) is 12.9. The average Bonchev–Trinajstić information content (AvgIpc) is 2.77. The molecule has 34 heavy (non-hydrogen) atoms. The van der Waals surface area contributed by atoms with Crippen molar-refractivity contribution in [3.63, 3.8) is 0 Å². The molecule has 1 amide bonds. The molecule has 0 aliphatic rings. The molecule has 178 valence electrons. The molecule has 2 N–H and O–H groups in total. The van der Waals surface area contributed by atoms with Gasteiger partial charge in [-0.25, -0.2) is 13.8 Å². The molecule has 0 heterocycles. The van der Waals surface area contributed by atoms with Crippen LogP contribution in [0.4, 0.5) is 0 Å². The summed E-state index contributed by atoms with van der Waals surface area (Å²) in [6.07, 6.45) is 1.77. The molecule has 0 aliphatic heterocycles. The summed E-state index contributed by atoms with van der Waals surface area (Å²) in [6, 6.07) is 19.7. The molecule has 0 saturated carbocycles. The highest BCUT2D eigenvalue weighted by molar-refractivity contribution is 7.89. The number of amides is 1. The van der Waals surface area contributed by atoms with Gasteiger partial charge in [-0.05, 0) is 56.0 Å². The molecule has 0 radical (unpaired) electrons. The predicted octanol–water partition coefficient (Wildman–Crippen LogP) is 3.70. The van der Waals surface area contributed by atoms with Crippen LogP contribution >= 0.6 is 0 Å². The summed E-state index contributed by atoms with van der Waals surface area (Å²) in [5.41, 5.74) is 6.02. The lowest BCUT2D eigenvalue weighted by atomic mass is 10.1. The number of benzene rings is 3. The first-order valence-electron chi connectivity index (χ1n) is 10.9. The van der Waals surface area contributed by atoms with Gasteiger partial charge >= 0.3 is 0 Å². The SMILES string of the molecule is Cc1cc(C)c(S(=O)(=O)N(CCc2ccccc2)CC(=O)NN=Cc2ccccc2O)c(C)c1. The molecule has 0 atom stereocenters. The lowest BCUT2D eigenvalue weighted by Gasteiger charge is -2.24. The highest BCUT2D eigenvalue weighted by Crippen LogP contribution is 2.25. The van der Waals surface area contributed by atoms with E-state index in [0.717, 1.165) is 11.1 Å². The Bertz CT molecular complexity index is 1270. The van der Waals surface area contributed by atoms with Gasteiger partial charge in [-0.3, -0.25) is 4.79 Å². The van der Waals surface area contributed by atoms with Gasteiger partial charge in [0.05, 0.1) is 17.7 Å². The third kappa shape index (κ3) is 6.30. The second kappa shape index (κ2) is 11.1. The van der Waals surface area contributed by atoms with Crippen LogP contribution in [0.5, 0.6) is 5.75 Å². The van der Waals surface area contributed by atoms with E-state index < -0.39 is 15.9 Å². The lowest BCUT2D eigenvalue weighted by Crippen LogP contribution is -2.41. The number of carbonyl (C=O) groups excluding carboxylic acids is 1. The Kier molecular flexibility index (Phi) is 8.20. The number of phenolic OH excluding ortho intramolecular Hbond substituents is 1. The highest BCUT2D eigenvalue weighted by Gasteiger charge is 2.29. The Morgan fingerprint density at radius 1 is 1.00 bits per heavy atom. The average molecular weight is 480 g/mol. The van der Waals surface area contributed by atoms with Crippen LogP contribution in [-0.4, -0.2) is 43.0 Å². The van der Waals surface area contributed by atoms with E-state index in [-0.39, 0.29) is 23.7 Å². The van der Waals surface area contributed by atoms with Crippen molar-refractivity contribution in [2.24, 2.45) is 5.10 Å². The van der Waals surface area contributed by atoms with E-state index in [4.69, 9.17) is 0 Å². The number of carbonyl (C=O) groups is 1. The van der Waals surface area contributed by atoms with Crippen molar-refractivity contribution in [1.29, 1.82) is 0 Å². The van der Waals surface area contributed by atoms with Crippen molar-refractivity contribution < 1.29 is 18.3 Å². The number of rotatable bonds is 9. The van der Waals surface area contributed by atoms with Crippen LogP contribution in [0.25, 0.3) is 0 Å². The number of aryl methyl sites for hydroxylation is 3. The molecular weight excluding hydrogens is 450 g/mol.